The Bertz CT molecular complexity index is 1300. The SMILES string of the molecule is COc1cc2c(c(C)c1CCNc1cc(-c3ccc(CC(=O)O)c(OC(F)(F)F)c3)ncn1)OCCO2. The second kappa shape index (κ2) is 10.8. The number of anilines is 1. The lowest BCUT2D eigenvalue weighted by Crippen LogP contribution is -2.18. The van der Waals surface area contributed by atoms with Crippen molar-refractivity contribution in [3.8, 4) is 34.3 Å². The molecule has 0 atom stereocenters. The van der Waals surface area contributed by atoms with Gasteiger partial charge >= 0.3 is 12.3 Å². The first-order chi connectivity index (χ1) is 17.6. The van der Waals surface area contributed by atoms with Crippen molar-refractivity contribution in [3.05, 3.63) is 53.3 Å². The molecule has 0 radical (unpaired) electrons. The average molecular weight is 519 g/mol. The fourth-order valence-electron chi connectivity index (χ4n) is 4.02. The highest BCUT2D eigenvalue weighted by molar-refractivity contribution is 5.73. The van der Waals surface area contributed by atoms with Gasteiger partial charge in [0, 0.05) is 40.9 Å². The Morgan fingerprint density at radius 3 is 2.65 bits per heavy atom. The largest absolute Gasteiger partial charge is 0.573 e. The fraction of sp³-hybridized carbons (Fsp3) is 0.320. The van der Waals surface area contributed by atoms with Gasteiger partial charge in [-0.3, -0.25) is 4.79 Å². The van der Waals surface area contributed by atoms with Crippen LogP contribution in [0.3, 0.4) is 0 Å². The van der Waals surface area contributed by atoms with Gasteiger partial charge in [-0.2, -0.15) is 0 Å². The van der Waals surface area contributed by atoms with Gasteiger partial charge in [-0.25, -0.2) is 9.97 Å². The van der Waals surface area contributed by atoms with E-state index in [4.69, 9.17) is 19.3 Å². The van der Waals surface area contributed by atoms with E-state index >= 15 is 0 Å². The van der Waals surface area contributed by atoms with Crippen molar-refractivity contribution in [1.82, 2.24) is 9.97 Å². The summed E-state index contributed by atoms with van der Waals surface area (Å²) in [5.41, 5.74) is 2.39. The standard InChI is InChI=1S/C25H24F3N3O6/c1-14-17(20(34-2)12-21-24(14)36-8-7-35-21)5-6-29-22-11-18(30-13-31-22)15-3-4-16(10-23(32)33)19(9-15)37-25(26,27)28/h3-4,9,11-13H,5-8,10H2,1-2H3,(H,32,33)(H,29,30,31). The Kier molecular flexibility index (Phi) is 7.55. The summed E-state index contributed by atoms with van der Waals surface area (Å²) in [7, 11) is 1.58. The average Bonchev–Trinajstić information content (AvgIpc) is 2.85. The van der Waals surface area contributed by atoms with Crippen LogP contribution in [0.5, 0.6) is 23.0 Å². The molecule has 0 unspecified atom stereocenters. The van der Waals surface area contributed by atoms with Gasteiger partial charge < -0.3 is 29.4 Å². The van der Waals surface area contributed by atoms with Crippen molar-refractivity contribution < 1.29 is 42.0 Å². The van der Waals surface area contributed by atoms with Crippen molar-refractivity contribution in [1.29, 1.82) is 0 Å². The quantitative estimate of drug-likeness (QED) is 0.425. The Labute approximate surface area is 210 Å². The molecule has 3 aromatic rings. The summed E-state index contributed by atoms with van der Waals surface area (Å²) >= 11 is 0. The van der Waals surface area contributed by atoms with Gasteiger partial charge in [0.1, 0.15) is 36.9 Å². The van der Waals surface area contributed by atoms with Gasteiger partial charge in [0.25, 0.3) is 0 Å². The molecule has 2 heterocycles. The van der Waals surface area contributed by atoms with Crippen LogP contribution in [-0.2, 0) is 17.6 Å². The molecular weight excluding hydrogens is 495 g/mol. The van der Waals surface area contributed by atoms with Gasteiger partial charge in [0.05, 0.1) is 19.2 Å². The number of carboxylic acids is 1. The number of alkyl halides is 3. The number of nitrogens with zero attached hydrogens (tertiary/aromatic N) is 2. The van der Waals surface area contributed by atoms with E-state index in [1.165, 1.54) is 18.5 Å². The summed E-state index contributed by atoms with van der Waals surface area (Å²) in [6.07, 6.45) is -3.75. The second-order valence-corrected chi connectivity index (χ2v) is 8.11. The van der Waals surface area contributed by atoms with Crippen LogP contribution >= 0.6 is 0 Å². The van der Waals surface area contributed by atoms with Gasteiger partial charge in [-0.05, 0) is 19.4 Å². The molecule has 2 aromatic carbocycles. The first-order valence-electron chi connectivity index (χ1n) is 11.3. The molecule has 0 bridgehead atoms. The fourth-order valence-corrected chi connectivity index (χ4v) is 4.02. The van der Waals surface area contributed by atoms with Gasteiger partial charge in [-0.15, -0.1) is 13.2 Å². The molecule has 196 valence electrons. The molecule has 0 amide bonds. The number of benzene rings is 2. The van der Waals surface area contributed by atoms with Crippen LogP contribution in [-0.4, -0.2) is 54.3 Å². The van der Waals surface area contributed by atoms with Crippen molar-refractivity contribution in [2.75, 3.05) is 32.2 Å². The number of aromatic nitrogens is 2. The highest BCUT2D eigenvalue weighted by atomic mass is 19.4. The third-order valence-corrected chi connectivity index (χ3v) is 5.66. The zero-order valence-corrected chi connectivity index (χ0v) is 20.0. The number of fused-ring (bicyclic) bond motifs is 1. The van der Waals surface area contributed by atoms with E-state index in [2.05, 4.69) is 20.0 Å². The molecule has 0 saturated carbocycles. The predicted molar refractivity (Wildman–Crippen MR) is 126 cm³/mol. The van der Waals surface area contributed by atoms with Gasteiger partial charge in [0.2, 0.25) is 0 Å². The van der Waals surface area contributed by atoms with E-state index in [1.54, 1.807) is 19.2 Å². The minimum atomic E-state index is -4.97. The molecule has 2 N–H and O–H groups in total. The zero-order valence-electron chi connectivity index (χ0n) is 20.0. The first-order valence-corrected chi connectivity index (χ1v) is 11.3. The summed E-state index contributed by atoms with van der Waals surface area (Å²) in [5.74, 6) is 0.577. The number of carbonyl (C=O) groups is 1. The maximum Gasteiger partial charge on any atom is 0.573 e. The number of aliphatic carboxylic acids is 1. The van der Waals surface area contributed by atoms with E-state index in [-0.39, 0.29) is 5.56 Å². The van der Waals surface area contributed by atoms with Crippen molar-refractivity contribution in [2.24, 2.45) is 0 Å². The van der Waals surface area contributed by atoms with Crippen LogP contribution in [0.25, 0.3) is 11.3 Å². The maximum absolute atomic E-state index is 12.9. The topological polar surface area (TPSA) is 112 Å². The number of hydrogen-bond donors (Lipinski definition) is 2. The lowest BCUT2D eigenvalue weighted by Gasteiger charge is -2.23. The van der Waals surface area contributed by atoms with Crippen molar-refractivity contribution in [2.45, 2.75) is 26.1 Å². The van der Waals surface area contributed by atoms with E-state index in [1.807, 2.05) is 6.92 Å². The summed E-state index contributed by atoms with van der Waals surface area (Å²) in [4.78, 5) is 19.4. The molecule has 0 fully saturated rings. The Balaban J connectivity index is 1.51. The van der Waals surface area contributed by atoms with E-state index in [0.29, 0.717) is 60.5 Å². The highest BCUT2D eigenvalue weighted by Crippen LogP contribution is 2.41. The number of ether oxygens (including phenoxy) is 4. The van der Waals surface area contributed by atoms with Crippen LogP contribution in [0.15, 0.2) is 36.7 Å². The van der Waals surface area contributed by atoms with E-state index in [9.17, 15) is 18.0 Å². The zero-order chi connectivity index (χ0) is 26.6. The maximum atomic E-state index is 12.9. The molecule has 0 spiro atoms. The van der Waals surface area contributed by atoms with E-state index < -0.39 is 24.5 Å². The number of carboxylic acid groups (broad SMARTS) is 1. The van der Waals surface area contributed by atoms with Crippen LogP contribution in [0.1, 0.15) is 16.7 Å². The number of rotatable bonds is 9. The van der Waals surface area contributed by atoms with Gasteiger partial charge in [0.15, 0.2) is 11.5 Å². The summed E-state index contributed by atoms with van der Waals surface area (Å²) in [5, 5.41) is 12.2. The molecule has 1 aromatic heterocycles. The van der Waals surface area contributed by atoms with Crippen molar-refractivity contribution in [3.63, 3.8) is 0 Å². The van der Waals surface area contributed by atoms with Crippen LogP contribution < -0.4 is 24.3 Å². The molecule has 9 nitrogen and oxygen atoms in total. The first kappa shape index (κ1) is 25.9. The lowest BCUT2D eigenvalue weighted by atomic mass is 10.0. The van der Waals surface area contributed by atoms with Crippen LogP contribution in [0.4, 0.5) is 19.0 Å². The number of methoxy groups -OCH3 is 1. The molecule has 1 aliphatic rings. The molecule has 0 saturated heterocycles. The summed E-state index contributed by atoms with van der Waals surface area (Å²) in [6, 6.07) is 7.25. The smallest absolute Gasteiger partial charge is 0.496 e. The molecule has 37 heavy (non-hydrogen) atoms. The summed E-state index contributed by atoms with van der Waals surface area (Å²) < 4.78 is 59.7. The summed E-state index contributed by atoms with van der Waals surface area (Å²) in [6.45, 7) is 3.34. The van der Waals surface area contributed by atoms with Gasteiger partial charge in [-0.1, -0.05) is 12.1 Å². The molecule has 4 rings (SSSR count). The second-order valence-electron chi connectivity index (χ2n) is 8.11. The third-order valence-electron chi connectivity index (χ3n) is 5.66. The molecular formula is C25H24F3N3O6. The third kappa shape index (κ3) is 6.32. The van der Waals surface area contributed by atoms with E-state index in [0.717, 1.165) is 17.2 Å². The van der Waals surface area contributed by atoms with Crippen molar-refractivity contribution >= 4 is 11.8 Å². The normalized spacial score (nSPS) is 12.7. The lowest BCUT2D eigenvalue weighted by molar-refractivity contribution is -0.274. The Morgan fingerprint density at radius 2 is 1.92 bits per heavy atom. The number of hydrogen-bond acceptors (Lipinski definition) is 8. The monoisotopic (exact) mass is 519 g/mol. The van der Waals surface area contributed by atoms with Crippen LogP contribution in [0.2, 0.25) is 0 Å². The molecule has 12 heteroatoms. The Morgan fingerprint density at radius 1 is 1.14 bits per heavy atom. The minimum absolute atomic E-state index is 0.107. The minimum Gasteiger partial charge on any atom is -0.496 e. The highest BCUT2D eigenvalue weighted by Gasteiger charge is 2.32. The number of halogens is 3. The molecule has 0 aliphatic carbocycles. The predicted octanol–water partition coefficient (Wildman–Crippen LogP) is 4.41. The Hall–Kier alpha value is -4.22. The number of nitrogens with one attached hydrogen (secondary N) is 1. The van der Waals surface area contributed by atoms with Crippen LogP contribution in [0, 0.1) is 6.92 Å². The molecule has 1 aliphatic heterocycles.